The number of benzene rings is 1. The fraction of sp³-hybridized carbons (Fsp3) is 0.350. The molecule has 0 bridgehead atoms. The molecule has 1 N–H and O–H groups in total. The second-order valence-electron chi connectivity index (χ2n) is 6.82. The fourth-order valence-electron chi connectivity index (χ4n) is 3.40. The van der Waals surface area contributed by atoms with Gasteiger partial charge in [-0.2, -0.15) is 0 Å². The lowest BCUT2D eigenvalue weighted by Gasteiger charge is -2.36. The molecule has 2 aliphatic rings. The van der Waals surface area contributed by atoms with E-state index in [9.17, 15) is 4.79 Å². The summed E-state index contributed by atoms with van der Waals surface area (Å²) in [6.07, 6.45) is 9.36. The fourth-order valence-corrected chi connectivity index (χ4v) is 3.40. The van der Waals surface area contributed by atoms with Gasteiger partial charge in [-0.15, -0.1) is 0 Å². The first-order valence-electron chi connectivity index (χ1n) is 9.14. The Morgan fingerprint density at radius 3 is 2.67 bits per heavy atom. The predicted octanol–water partition coefficient (Wildman–Crippen LogP) is 2.23. The van der Waals surface area contributed by atoms with E-state index < -0.39 is 5.60 Å². The zero-order valence-electron chi connectivity index (χ0n) is 15.0. The molecule has 0 saturated carbocycles. The Hall–Kier alpha value is -2.93. The molecule has 1 aromatic carbocycles. The highest BCUT2D eigenvalue weighted by Crippen LogP contribution is 2.32. The Labute approximate surface area is 158 Å². The topological polar surface area (TPSA) is 76.6 Å². The predicted molar refractivity (Wildman–Crippen MR) is 98.3 cm³/mol. The quantitative estimate of drug-likeness (QED) is 0.874. The molecule has 27 heavy (non-hydrogen) atoms. The molecule has 2 aliphatic heterocycles. The summed E-state index contributed by atoms with van der Waals surface area (Å²) < 4.78 is 5.68. The Kier molecular flexibility index (Phi) is 5.02. The number of aryl methyl sites for hydroxylation is 1. The van der Waals surface area contributed by atoms with Crippen molar-refractivity contribution in [2.24, 2.45) is 0 Å². The summed E-state index contributed by atoms with van der Waals surface area (Å²) >= 11 is 0. The van der Waals surface area contributed by atoms with E-state index in [4.69, 9.17) is 9.57 Å². The van der Waals surface area contributed by atoms with Crippen molar-refractivity contribution >= 4 is 5.91 Å². The van der Waals surface area contributed by atoms with Crippen LogP contribution < -0.4 is 10.2 Å². The van der Waals surface area contributed by atoms with Crippen LogP contribution in [0.25, 0.3) is 0 Å². The van der Waals surface area contributed by atoms with Crippen LogP contribution in [0.1, 0.15) is 24.8 Å². The van der Waals surface area contributed by atoms with E-state index >= 15 is 0 Å². The van der Waals surface area contributed by atoms with Crippen LogP contribution in [-0.4, -0.2) is 39.5 Å². The van der Waals surface area contributed by atoms with Crippen molar-refractivity contribution in [3.63, 3.8) is 0 Å². The van der Waals surface area contributed by atoms with Crippen LogP contribution in [-0.2, 0) is 16.1 Å². The van der Waals surface area contributed by atoms with Crippen molar-refractivity contribution in [3.05, 3.63) is 66.6 Å². The number of hydrogen-bond acceptors (Lipinski definition) is 6. The smallest absolute Gasteiger partial charge is 0.222 e. The minimum absolute atomic E-state index is 0.196. The van der Waals surface area contributed by atoms with E-state index in [1.807, 2.05) is 29.2 Å². The van der Waals surface area contributed by atoms with Gasteiger partial charge < -0.3 is 9.64 Å². The first kappa shape index (κ1) is 17.5. The van der Waals surface area contributed by atoms with Gasteiger partial charge in [-0.25, -0.2) is 15.4 Å². The van der Waals surface area contributed by atoms with Gasteiger partial charge in [0.15, 0.2) is 5.75 Å². The third-order valence-electron chi connectivity index (χ3n) is 4.95. The zero-order chi connectivity index (χ0) is 18.5. The van der Waals surface area contributed by atoms with Gasteiger partial charge in [0.1, 0.15) is 11.9 Å². The number of amides is 1. The second-order valence-corrected chi connectivity index (χ2v) is 6.82. The van der Waals surface area contributed by atoms with E-state index in [2.05, 4.69) is 27.6 Å². The van der Waals surface area contributed by atoms with Gasteiger partial charge in [0, 0.05) is 38.4 Å². The summed E-state index contributed by atoms with van der Waals surface area (Å²) in [5, 5.41) is 0. The number of hydroxylamine groups is 1. The molecule has 1 amide bonds. The molecule has 0 atom stereocenters. The normalized spacial score (nSPS) is 18.1. The van der Waals surface area contributed by atoms with Crippen LogP contribution in [0.4, 0.5) is 0 Å². The third-order valence-corrected chi connectivity index (χ3v) is 4.95. The second kappa shape index (κ2) is 7.75. The number of ether oxygens (including phenoxy) is 1. The average Bonchev–Trinajstić information content (AvgIpc) is 3.10. The molecule has 3 heterocycles. The zero-order valence-corrected chi connectivity index (χ0v) is 15.0. The minimum atomic E-state index is -0.429. The highest BCUT2D eigenvalue weighted by atomic mass is 16.7. The molecular weight excluding hydrogens is 344 g/mol. The molecule has 7 heteroatoms. The first-order chi connectivity index (χ1) is 13.2. The molecule has 0 radical (unpaired) electrons. The van der Waals surface area contributed by atoms with Crippen LogP contribution in [0.15, 0.2) is 61.0 Å². The summed E-state index contributed by atoms with van der Waals surface area (Å²) in [4.78, 5) is 28.0. The van der Waals surface area contributed by atoms with Crippen molar-refractivity contribution in [1.29, 1.82) is 0 Å². The van der Waals surface area contributed by atoms with Gasteiger partial charge in [0.05, 0.1) is 12.4 Å². The molecule has 1 aromatic heterocycles. The lowest BCUT2D eigenvalue weighted by molar-refractivity contribution is -0.137. The van der Waals surface area contributed by atoms with E-state index in [0.29, 0.717) is 31.1 Å². The molecule has 1 saturated heterocycles. The Bertz CT molecular complexity index is 802. The lowest BCUT2D eigenvalue weighted by Crippen LogP contribution is -2.46. The molecule has 0 aliphatic carbocycles. The van der Waals surface area contributed by atoms with Crippen molar-refractivity contribution in [2.75, 3.05) is 13.1 Å². The number of likely N-dealkylation sites (tertiary alicyclic amines) is 1. The van der Waals surface area contributed by atoms with Crippen LogP contribution >= 0.6 is 0 Å². The molecule has 1 spiro atoms. The number of aromatic nitrogens is 2. The highest BCUT2D eigenvalue weighted by Gasteiger charge is 2.40. The van der Waals surface area contributed by atoms with Crippen molar-refractivity contribution in [1.82, 2.24) is 20.3 Å². The van der Waals surface area contributed by atoms with Gasteiger partial charge in [0.25, 0.3) is 0 Å². The SMILES string of the molecule is O=C(CCc1ccccc1)N1CCC2(C=C(Oc3cncnc3)NO2)CC1. The largest absolute Gasteiger partial charge is 0.436 e. The van der Waals surface area contributed by atoms with Gasteiger partial charge in [-0.1, -0.05) is 30.3 Å². The summed E-state index contributed by atoms with van der Waals surface area (Å²) in [5.41, 5.74) is 3.60. The van der Waals surface area contributed by atoms with E-state index in [1.165, 1.54) is 11.9 Å². The van der Waals surface area contributed by atoms with Gasteiger partial charge in [-0.3, -0.25) is 9.63 Å². The van der Waals surface area contributed by atoms with Crippen molar-refractivity contribution in [3.8, 4) is 5.75 Å². The van der Waals surface area contributed by atoms with Crippen LogP contribution in [0.2, 0.25) is 0 Å². The number of piperidine rings is 1. The summed E-state index contributed by atoms with van der Waals surface area (Å²) in [6, 6.07) is 10.1. The maximum atomic E-state index is 12.5. The molecular formula is C20H22N4O3. The third kappa shape index (κ3) is 4.25. The molecule has 2 aromatic rings. The summed E-state index contributed by atoms with van der Waals surface area (Å²) in [5.74, 6) is 1.28. The van der Waals surface area contributed by atoms with Gasteiger partial charge >= 0.3 is 0 Å². The van der Waals surface area contributed by atoms with Crippen LogP contribution in [0, 0.1) is 0 Å². The van der Waals surface area contributed by atoms with Crippen molar-refractivity contribution < 1.29 is 14.4 Å². The molecule has 0 unspecified atom stereocenters. The first-order valence-corrected chi connectivity index (χ1v) is 9.14. The Morgan fingerprint density at radius 2 is 1.93 bits per heavy atom. The average molecular weight is 366 g/mol. The molecule has 7 nitrogen and oxygen atoms in total. The summed E-state index contributed by atoms with van der Waals surface area (Å²) in [6.45, 7) is 1.35. The van der Waals surface area contributed by atoms with Crippen molar-refractivity contribution in [2.45, 2.75) is 31.3 Å². The standard InChI is InChI=1S/C20H22N4O3/c25-19(7-6-16-4-2-1-3-5-16)24-10-8-20(9-11-24)12-18(23-27-20)26-17-13-21-15-22-14-17/h1-5,12-15,23H,6-11H2. The number of hydrogen-bond donors (Lipinski definition) is 1. The van der Waals surface area contributed by atoms with E-state index in [-0.39, 0.29) is 5.91 Å². The van der Waals surface area contributed by atoms with E-state index in [1.54, 1.807) is 12.4 Å². The highest BCUT2D eigenvalue weighted by molar-refractivity contribution is 5.76. The monoisotopic (exact) mass is 366 g/mol. The number of carbonyl (C=O) groups excluding carboxylic acids is 1. The van der Waals surface area contributed by atoms with Crippen LogP contribution in [0.5, 0.6) is 5.75 Å². The number of carbonyl (C=O) groups is 1. The van der Waals surface area contributed by atoms with E-state index in [0.717, 1.165) is 19.3 Å². The number of nitrogens with zero attached hydrogens (tertiary/aromatic N) is 3. The Balaban J connectivity index is 1.29. The molecule has 140 valence electrons. The van der Waals surface area contributed by atoms with Gasteiger partial charge in [0.2, 0.25) is 11.8 Å². The maximum Gasteiger partial charge on any atom is 0.222 e. The number of nitrogens with one attached hydrogen (secondary N) is 1. The number of rotatable bonds is 5. The van der Waals surface area contributed by atoms with Gasteiger partial charge in [-0.05, 0) is 12.0 Å². The Morgan fingerprint density at radius 1 is 1.19 bits per heavy atom. The minimum Gasteiger partial charge on any atom is -0.436 e. The molecule has 1 fully saturated rings. The lowest BCUT2D eigenvalue weighted by atomic mass is 9.91. The maximum absolute atomic E-state index is 12.5. The van der Waals surface area contributed by atoms with Crippen LogP contribution in [0.3, 0.4) is 0 Å². The summed E-state index contributed by atoms with van der Waals surface area (Å²) in [7, 11) is 0. The molecule has 4 rings (SSSR count).